The van der Waals surface area contributed by atoms with Crippen molar-refractivity contribution in [3.8, 4) is 5.75 Å². The number of hydrogen-bond acceptors (Lipinski definition) is 4. The standard InChI is InChI=1S/C14H15NO3S/c1-9(14(16)17)8-19-13-12-4-3-11(18-2)7-10(12)5-6-15-13/h3-7,9H,8H2,1-2H3,(H,16,17). The first-order valence-corrected chi connectivity index (χ1v) is 6.88. The first-order chi connectivity index (χ1) is 9.11. The van der Waals surface area contributed by atoms with Crippen molar-refractivity contribution < 1.29 is 14.6 Å². The van der Waals surface area contributed by atoms with Crippen molar-refractivity contribution in [2.24, 2.45) is 5.92 Å². The van der Waals surface area contributed by atoms with Gasteiger partial charge in [0.05, 0.1) is 13.0 Å². The Morgan fingerprint density at radius 1 is 1.47 bits per heavy atom. The van der Waals surface area contributed by atoms with Crippen LogP contribution < -0.4 is 4.74 Å². The van der Waals surface area contributed by atoms with Gasteiger partial charge in [-0.15, -0.1) is 11.8 Å². The molecule has 0 aliphatic carbocycles. The van der Waals surface area contributed by atoms with Gasteiger partial charge in [0.2, 0.25) is 0 Å². The maximum Gasteiger partial charge on any atom is 0.307 e. The van der Waals surface area contributed by atoms with Crippen LogP contribution in [0.3, 0.4) is 0 Å². The topological polar surface area (TPSA) is 59.4 Å². The van der Waals surface area contributed by atoms with E-state index in [9.17, 15) is 4.79 Å². The van der Waals surface area contributed by atoms with E-state index in [0.717, 1.165) is 21.5 Å². The smallest absolute Gasteiger partial charge is 0.307 e. The lowest BCUT2D eigenvalue weighted by atomic mass is 10.2. The van der Waals surface area contributed by atoms with Gasteiger partial charge in [0.15, 0.2) is 0 Å². The Balaban J connectivity index is 2.26. The SMILES string of the molecule is COc1ccc2c(SCC(C)C(=O)O)nccc2c1. The molecule has 1 unspecified atom stereocenters. The number of hydrogen-bond donors (Lipinski definition) is 1. The number of carbonyl (C=O) groups is 1. The average molecular weight is 277 g/mol. The summed E-state index contributed by atoms with van der Waals surface area (Å²) in [4.78, 5) is 15.1. The van der Waals surface area contributed by atoms with Crippen LogP contribution in [0.15, 0.2) is 35.5 Å². The molecule has 2 rings (SSSR count). The molecule has 0 saturated carbocycles. The van der Waals surface area contributed by atoms with E-state index < -0.39 is 5.97 Å². The first-order valence-electron chi connectivity index (χ1n) is 5.90. The van der Waals surface area contributed by atoms with Gasteiger partial charge in [-0.25, -0.2) is 4.98 Å². The van der Waals surface area contributed by atoms with Crippen molar-refractivity contribution in [2.75, 3.05) is 12.9 Å². The summed E-state index contributed by atoms with van der Waals surface area (Å²) in [5.74, 6) is 0.135. The summed E-state index contributed by atoms with van der Waals surface area (Å²) in [5, 5.41) is 11.8. The third-order valence-electron chi connectivity index (χ3n) is 2.83. The quantitative estimate of drug-likeness (QED) is 0.851. The number of carboxylic acids is 1. The summed E-state index contributed by atoms with van der Waals surface area (Å²) in [6.07, 6.45) is 1.73. The molecule has 0 saturated heterocycles. The Labute approximate surface area is 115 Å². The average Bonchev–Trinajstić information content (AvgIpc) is 2.43. The largest absolute Gasteiger partial charge is 0.497 e. The molecule has 1 heterocycles. The van der Waals surface area contributed by atoms with Crippen molar-refractivity contribution in [1.82, 2.24) is 4.98 Å². The maximum absolute atomic E-state index is 10.8. The molecule has 0 fully saturated rings. The molecule has 0 aliphatic rings. The number of ether oxygens (including phenoxy) is 1. The minimum Gasteiger partial charge on any atom is -0.497 e. The minimum atomic E-state index is -0.783. The van der Waals surface area contributed by atoms with Crippen LogP contribution in [0.4, 0.5) is 0 Å². The fourth-order valence-corrected chi connectivity index (χ4v) is 2.67. The van der Waals surface area contributed by atoms with E-state index in [1.165, 1.54) is 11.8 Å². The van der Waals surface area contributed by atoms with E-state index in [2.05, 4.69) is 4.98 Å². The van der Waals surface area contributed by atoms with Gasteiger partial charge in [-0.05, 0) is 29.7 Å². The zero-order valence-electron chi connectivity index (χ0n) is 10.8. The van der Waals surface area contributed by atoms with Gasteiger partial charge in [0, 0.05) is 17.3 Å². The van der Waals surface area contributed by atoms with E-state index in [1.807, 2.05) is 24.3 Å². The maximum atomic E-state index is 10.8. The van der Waals surface area contributed by atoms with Gasteiger partial charge in [-0.2, -0.15) is 0 Å². The molecule has 2 aromatic rings. The number of rotatable bonds is 5. The molecular formula is C14H15NO3S. The van der Waals surface area contributed by atoms with Crippen molar-refractivity contribution in [1.29, 1.82) is 0 Å². The van der Waals surface area contributed by atoms with Crippen molar-refractivity contribution >= 4 is 28.5 Å². The van der Waals surface area contributed by atoms with Gasteiger partial charge in [-0.1, -0.05) is 6.92 Å². The Kier molecular flexibility index (Phi) is 4.27. The van der Waals surface area contributed by atoms with Crippen LogP contribution in [0, 0.1) is 5.92 Å². The highest BCUT2D eigenvalue weighted by Gasteiger charge is 2.12. The summed E-state index contributed by atoms with van der Waals surface area (Å²) < 4.78 is 5.19. The van der Waals surface area contributed by atoms with Crippen LogP contribution in [0.25, 0.3) is 10.8 Å². The number of pyridine rings is 1. The molecule has 5 heteroatoms. The summed E-state index contributed by atoms with van der Waals surface area (Å²) in [6.45, 7) is 1.70. The Hall–Kier alpha value is -1.75. The lowest BCUT2D eigenvalue weighted by molar-refractivity contribution is -0.140. The number of carboxylic acid groups (broad SMARTS) is 1. The minimum absolute atomic E-state index is 0.389. The lowest BCUT2D eigenvalue weighted by Crippen LogP contribution is -2.11. The second-order valence-corrected chi connectivity index (χ2v) is 5.26. The molecule has 0 bridgehead atoms. The van der Waals surface area contributed by atoms with Crippen molar-refractivity contribution in [3.05, 3.63) is 30.5 Å². The molecular weight excluding hydrogens is 262 g/mol. The molecule has 4 nitrogen and oxygen atoms in total. The van der Waals surface area contributed by atoms with E-state index in [1.54, 1.807) is 20.2 Å². The fourth-order valence-electron chi connectivity index (χ4n) is 1.65. The molecule has 1 aromatic carbocycles. The van der Waals surface area contributed by atoms with E-state index in [4.69, 9.17) is 9.84 Å². The number of benzene rings is 1. The molecule has 1 aromatic heterocycles. The molecule has 19 heavy (non-hydrogen) atoms. The number of methoxy groups -OCH3 is 1. The Morgan fingerprint density at radius 2 is 2.26 bits per heavy atom. The highest BCUT2D eigenvalue weighted by molar-refractivity contribution is 7.99. The third-order valence-corrected chi connectivity index (χ3v) is 4.09. The van der Waals surface area contributed by atoms with Crippen LogP contribution >= 0.6 is 11.8 Å². The van der Waals surface area contributed by atoms with E-state index >= 15 is 0 Å². The molecule has 0 radical (unpaired) electrons. The zero-order chi connectivity index (χ0) is 13.8. The van der Waals surface area contributed by atoms with Crippen LogP contribution in [0.1, 0.15) is 6.92 Å². The second-order valence-electron chi connectivity index (χ2n) is 4.25. The second kappa shape index (κ2) is 5.93. The van der Waals surface area contributed by atoms with Gasteiger partial charge >= 0.3 is 5.97 Å². The lowest BCUT2D eigenvalue weighted by Gasteiger charge is -2.08. The molecule has 1 N–H and O–H groups in total. The third kappa shape index (κ3) is 3.17. The monoisotopic (exact) mass is 277 g/mol. The predicted octanol–water partition coefficient (Wildman–Crippen LogP) is 3.06. The molecule has 0 aliphatic heterocycles. The van der Waals surface area contributed by atoms with Gasteiger partial charge in [-0.3, -0.25) is 4.79 Å². The summed E-state index contributed by atoms with van der Waals surface area (Å²) in [7, 11) is 1.63. The number of nitrogens with zero attached hydrogens (tertiary/aromatic N) is 1. The molecule has 1 atom stereocenters. The number of fused-ring (bicyclic) bond motifs is 1. The van der Waals surface area contributed by atoms with Gasteiger partial charge in [0.25, 0.3) is 0 Å². The zero-order valence-corrected chi connectivity index (χ0v) is 11.6. The van der Waals surface area contributed by atoms with Crippen molar-refractivity contribution in [3.63, 3.8) is 0 Å². The van der Waals surface area contributed by atoms with Gasteiger partial charge < -0.3 is 9.84 Å². The Morgan fingerprint density at radius 3 is 2.95 bits per heavy atom. The Bertz CT molecular complexity index is 600. The first kappa shape index (κ1) is 13.7. The van der Waals surface area contributed by atoms with Crippen molar-refractivity contribution in [2.45, 2.75) is 11.9 Å². The van der Waals surface area contributed by atoms with E-state index in [0.29, 0.717) is 5.75 Å². The molecule has 0 spiro atoms. The van der Waals surface area contributed by atoms with Crippen LogP contribution in [-0.2, 0) is 4.79 Å². The fraction of sp³-hybridized carbons (Fsp3) is 0.286. The molecule has 100 valence electrons. The summed E-state index contributed by atoms with van der Waals surface area (Å²) in [5.41, 5.74) is 0. The molecule has 0 amide bonds. The predicted molar refractivity (Wildman–Crippen MR) is 75.8 cm³/mol. The number of aliphatic carboxylic acids is 1. The van der Waals surface area contributed by atoms with E-state index in [-0.39, 0.29) is 5.92 Å². The number of aromatic nitrogens is 1. The van der Waals surface area contributed by atoms with Crippen LogP contribution in [0.5, 0.6) is 5.75 Å². The highest BCUT2D eigenvalue weighted by Crippen LogP contribution is 2.29. The number of thioether (sulfide) groups is 1. The van der Waals surface area contributed by atoms with Gasteiger partial charge in [0.1, 0.15) is 10.8 Å². The summed E-state index contributed by atoms with van der Waals surface area (Å²) >= 11 is 1.47. The highest BCUT2D eigenvalue weighted by atomic mass is 32.2. The summed E-state index contributed by atoms with van der Waals surface area (Å²) in [6, 6.07) is 7.70. The normalized spacial score (nSPS) is 12.3. The van der Waals surface area contributed by atoms with Crippen LogP contribution in [-0.4, -0.2) is 28.9 Å². The van der Waals surface area contributed by atoms with Crippen LogP contribution in [0.2, 0.25) is 0 Å².